The maximum atomic E-state index is 13.7. The summed E-state index contributed by atoms with van der Waals surface area (Å²) >= 11 is 4.14. The van der Waals surface area contributed by atoms with Gasteiger partial charge in [0.25, 0.3) is 5.56 Å². The summed E-state index contributed by atoms with van der Waals surface area (Å²) in [4.78, 5) is 28.5. The van der Waals surface area contributed by atoms with Crippen LogP contribution in [0.15, 0.2) is 56.9 Å². The molecule has 0 saturated carbocycles. The molecule has 1 aromatic heterocycles. The van der Waals surface area contributed by atoms with Crippen LogP contribution < -0.4 is 16.7 Å². The van der Waals surface area contributed by atoms with Crippen molar-refractivity contribution in [3.8, 4) is 0 Å². The van der Waals surface area contributed by atoms with E-state index in [1.54, 1.807) is 30.3 Å². The highest BCUT2D eigenvalue weighted by atomic mass is 79.9. The molecule has 0 aliphatic heterocycles. The molecule has 1 heterocycles. The summed E-state index contributed by atoms with van der Waals surface area (Å²) in [5, 5.41) is 3.07. The molecular formula is C16H12BrFN4O2S. The molecule has 6 nitrogen and oxygen atoms in total. The van der Waals surface area contributed by atoms with Crippen LogP contribution in [0.25, 0.3) is 10.9 Å². The first kappa shape index (κ1) is 17.4. The van der Waals surface area contributed by atoms with Gasteiger partial charge in [-0.2, -0.15) is 0 Å². The summed E-state index contributed by atoms with van der Waals surface area (Å²) in [6, 6.07) is 11.1. The average molecular weight is 423 g/mol. The molecule has 25 heavy (non-hydrogen) atoms. The Hall–Kier alpha value is -2.39. The summed E-state index contributed by atoms with van der Waals surface area (Å²) in [6.07, 6.45) is 0. The Morgan fingerprint density at radius 2 is 2.08 bits per heavy atom. The molecule has 2 aromatic carbocycles. The van der Waals surface area contributed by atoms with E-state index in [1.807, 2.05) is 0 Å². The predicted octanol–water partition coefficient (Wildman–Crippen LogP) is 2.74. The smallest absolute Gasteiger partial charge is 0.280 e. The number of benzene rings is 2. The lowest BCUT2D eigenvalue weighted by atomic mass is 10.2. The zero-order chi connectivity index (χ0) is 18.0. The van der Waals surface area contributed by atoms with Gasteiger partial charge in [-0.3, -0.25) is 9.59 Å². The maximum Gasteiger partial charge on any atom is 0.280 e. The number of nitrogens with two attached hydrogens (primary N) is 1. The Morgan fingerprint density at radius 3 is 2.84 bits per heavy atom. The summed E-state index contributed by atoms with van der Waals surface area (Å²) < 4.78 is 15.2. The molecule has 0 unspecified atom stereocenters. The number of anilines is 1. The second kappa shape index (κ2) is 7.24. The molecule has 3 rings (SSSR count). The third-order valence-corrected chi connectivity index (χ3v) is 4.76. The van der Waals surface area contributed by atoms with Gasteiger partial charge in [0.05, 0.1) is 22.3 Å². The minimum atomic E-state index is -0.549. The molecule has 0 aliphatic rings. The number of hydrogen-bond acceptors (Lipinski definition) is 5. The van der Waals surface area contributed by atoms with E-state index < -0.39 is 17.3 Å². The third-order valence-electron chi connectivity index (χ3n) is 3.31. The van der Waals surface area contributed by atoms with Gasteiger partial charge in [-0.05, 0) is 30.3 Å². The zero-order valence-electron chi connectivity index (χ0n) is 12.7. The van der Waals surface area contributed by atoms with E-state index >= 15 is 0 Å². The Bertz CT molecular complexity index is 1020. The van der Waals surface area contributed by atoms with Crippen LogP contribution in [0.3, 0.4) is 0 Å². The van der Waals surface area contributed by atoms with Crippen LogP contribution in [0.4, 0.5) is 10.1 Å². The first-order valence-corrected chi connectivity index (χ1v) is 8.88. The number of rotatable bonds is 4. The molecule has 9 heteroatoms. The van der Waals surface area contributed by atoms with Crippen molar-refractivity contribution in [1.29, 1.82) is 0 Å². The Labute approximate surface area is 154 Å². The number of carbonyl (C=O) groups excluding carboxylic acids is 1. The van der Waals surface area contributed by atoms with Crippen LogP contribution in [0.2, 0.25) is 0 Å². The number of nitrogens with zero attached hydrogens (tertiary/aromatic N) is 2. The van der Waals surface area contributed by atoms with Crippen LogP contribution in [-0.4, -0.2) is 21.3 Å². The van der Waals surface area contributed by atoms with E-state index in [2.05, 4.69) is 26.2 Å². The number of amides is 1. The van der Waals surface area contributed by atoms with Gasteiger partial charge in [0, 0.05) is 4.47 Å². The molecule has 0 saturated heterocycles. The van der Waals surface area contributed by atoms with E-state index in [-0.39, 0.29) is 16.6 Å². The van der Waals surface area contributed by atoms with Gasteiger partial charge in [0.1, 0.15) is 5.82 Å². The molecule has 0 bridgehead atoms. The van der Waals surface area contributed by atoms with Gasteiger partial charge in [0.15, 0.2) is 5.16 Å². The van der Waals surface area contributed by atoms with Gasteiger partial charge in [0.2, 0.25) is 5.91 Å². The molecule has 0 atom stereocenters. The lowest BCUT2D eigenvalue weighted by Crippen LogP contribution is -2.30. The van der Waals surface area contributed by atoms with Crippen LogP contribution in [0.1, 0.15) is 0 Å². The van der Waals surface area contributed by atoms with Gasteiger partial charge in [-0.1, -0.05) is 39.8 Å². The molecule has 0 spiro atoms. The molecule has 1 amide bonds. The summed E-state index contributed by atoms with van der Waals surface area (Å²) in [5.41, 5.74) is 0.175. The van der Waals surface area contributed by atoms with Gasteiger partial charge in [-0.25, -0.2) is 14.1 Å². The molecule has 0 fully saturated rings. The largest absolute Gasteiger partial charge is 0.334 e. The standard InChI is InChI=1S/C16H12BrFN4O2S/c17-9-5-6-13(11(18)7-9)20-14(23)8-25-16-21-12-4-2-1-3-10(12)15(24)22(16)19/h1-7H,8,19H2,(H,20,23). The number of nitrogens with one attached hydrogen (secondary N) is 1. The fraction of sp³-hybridized carbons (Fsp3) is 0.0625. The predicted molar refractivity (Wildman–Crippen MR) is 99.6 cm³/mol. The molecule has 3 aromatic rings. The fourth-order valence-electron chi connectivity index (χ4n) is 2.13. The number of aromatic nitrogens is 2. The number of thioether (sulfide) groups is 1. The van der Waals surface area contributed by atoms with Crippen LogP contribution in [-0.2, 0) is 4.79 Å². The van der Waals surface area contributed by atoms with E-state index in [0.29, 0.717) is 15.4 Å². The number of carbonyl (C=O) groups is 1. The SMILES string of the molecule is Nn1c(SCC(=O)Nc2ccc(Br)cc2F)nc2ccccc2c1=O. The first-order chi connectivity index (χ1) is 12.0. The summed E-state index contributed by atoms with van der Waals surface area (Å²) in [7, 11) is 0. The van der Waals surface area contributed by atoms with Crippen molar-refractivity contribution in [3.63, 3.8) is 0 Å². The molecule has 0 radical (unpaired) electrons. The third kappa shape index (κ3) is 3.83. The molecular weight excluding hydrogens is 411 g/mol. The number of halogens is 2. The topological polar surface area (TPSA) is 90.0 Å². The van der Waals surface area contributed by atoms with E-state index in [4.69, 9.17) is 5.84 Å². The highest BCUT2D eigenvalue weighted by Gasteiger charge is 2.12. The monoisotopic (exact) mass is 422 g/mol. The van der Waals surface area contributed by atoms with Crippen molar-refractivity contribution < 1.29 is 9.18 Å². The second-order valence-electron chi connectivity index (χ2n) is 5.05. The summed E-state index contributed by atoms with van der Waals surface area (Å²) in [5.74, 6) is 4.69. The second-order valence-corrected chi connectivity index (χ2v) is 6.91. The Kier molecular flexibility index (Phi) is 5.05. The van der Waals surface area contributed by atoms with Crippen molar-refractivity contribution in [1.82, 2.24) is 9.66 Å². The van der Waals surface area contributed by atoms with Crippen LogP contribution >= 0.6 is 27.7 Å². The number of para-hydroxylation sites is 1. The van der Waals surface area contributed by atoms with Crippen LogP contribution in [0, 0.1) is 5.82 Å². The number of nitrogen functional groups attached to an aromatic ring is 1. The van der Waals surface area contributed by atoms with Crippen molar-refractivity contribution in [3.05, 3.63) is 63.1 Å². The van der Waals surface area contributed by atoms with Crippen LogP contribution in [0.5, 0.6) is 0 Å². The maximum absolute atomic E-state index is 13.7. The van der Waals surface area contributed by atoms with Crippen molar-refractivity contribution in [2.75, 3.05) is 16.9 Å². The number of hydrogen-bond donors (Lipinski definition) is 2. The van der Waals surface area contributed by atoms with Gasteiger partial charge < -0.3 is 11.2 Å². The lowest BCUT2D eigenvalue weighted by molar-refractivity contribution is -0.113. The minimum absolute atomic E-state index is 0.0719. The summed E-state index contributed by atoms with van der Waals surface area (Å²) in [6.45, 7) is 0. The normalized spacial score (nSPS) is 10.8. The zero-order valence-corrected chi connectivity index (χ0v) is 15.1. The van der Waals surface area contributed by atoms with Gasteiger partial charge >= 0.3 is 0 Å². The average Bonchev–Trinajstić information content (AvgIpc) is 2.59. The molecule has 0 aliphatic carbocycles. The number of fused-ring (bicyclic) bond motifs is 1. The Morgan fingerprint density at radius 1 is 1.32 bits per heavy atom. The molecule has 128 valence electrons. The van der Waals surface area contributed by atoms with Crippen molar-refractivity contribution >= 4 is 50.2 Å². The molecule has 3 N–H and O–H groups in total. The minimum Gasteiger partial charge on any atom is -0.334 e. The van der Waals surface area contributed by atoms with E-state index in [0.717, 1.165) is 16.4 Å². The Balaban J connectivity index is 1.75. The quantitative estimate of drug-likeness (QED) is 0.383. The van der Waals surface area contributed by atoms with Crippen molar-refractivity contribution in [2.45, 2.75) is 5.16 Å². The lowest BCUT2D eigenvalue weighted by Gasteiger charge is -2.09. The highest BCUT2D eigenvalue weighted by Crippen LogP contribution is 2.20. The fourth-order valence-corrected chi connectivity index (χ4v) is 3.18. The van der Waals surface area contributed by atoms with E-state index in [1.165, 1.54) is 12.1 Å². The van der Waals surface area contributed by atoms with Gasteiger partial charge in [-0.15, -0.1) is 0 Å². The highest BCUT2D eigenvalue weighted by molar-refractivity contribution is 9.10. The van der Waals surface area contributed by atoms with Crippen molar-refractivity contribution in [2.24, 2.45) is 0 Å². The van der Waals surface area contributed by atoms with E-state index in [9.17, 15) is 14.0 Å². The first-order valence-electron chi connectivity index (χ1n) is 7.10.